The van der Waals surface area contributed by atoms with Crippen LogP contribution in [0.4, 0.5) is 34.1 Å². The summed E-state index contributed by atoms with van der Waals surface area (Å²) in [5, 5.41) is 19.6. The quantitative estimate of drug-likeness (QED) is 0.0817. The second-order valence-corrected chi connectivity index (χ2v) is 12.5. The zero-order valence-electron chi connectivity index (χ0n) is 22.5. The van der Waals surface area contributed by atoms with Crippen molar-refractivity contribution in [1.82, 2.24) is 0 Å². The van der Waals surface area contributed by atoms with E-state index in [1.165, 1.54) is 12.1 Å². The molecule has 6 aromatic rings. The first-order chi connectivity index (χ1) is 20.9. The molecule has 12 nitrogen and oxygen atoms in total. The second-order valence-electron chi connectivity index (χ2n) is 9.71. The van der Waals surface area contributed by atoms with E-state index in [4.69, 9.17) is 11.5 Å². The monoisotopic (exact) mass is 626 g/mol. The van der Waals surface area contributed by atoms with Crippen molar-refractivity contribution < 1.29 is 25.9 Å². The molecule has 6 aromatic carbocycles. The van der Waals surface area contributed by atoms with Gasteiger partial charge in [0.2, 0.25) is 0 Å². The maximum Gasteiger partial charge on any atom is 0.295 e. The molecule has 0 aliphatic heterocycles. The molecular formula is C30H22N6O6S2. The Labute approximate surface area is 250 Å². The first kappa shape index (κ1) is 28.8. The highest BCUT2D eigenvalue weighted by molar-refractivity contribution is 7.86. The van der Waals surface area contributed by atoms with Gasteiger partial charge < -0.3 is 11.5 Å². The van der Waals surface area contributed by atoms with E-state index < -0.39 is 20.2 Å². The van der Waals surface area contributed by atoms with Gasteiger partial charge in [-0.05, 0) is 24.3 Å². The Morgan fingerprint density at radius 2 is 0.750 bits per heavy atom. The van der Waals surface area contributed by atoms with Crippen LogP contribution < -0.4 is 11.5 Å². The zero-order valence-corrected chi connectivity index (χ0v) is 24.2. The lowest BCUT2D eigenvalue weighted by Crippen LogP contribution is -2.01. The van der Waals surface area contributed by atoms with Crippen LogP contribution in [0.3, 0.4) is 0 Å². The molecule has 0 saturated carbocycles. The van der Waals surface area contributed by atoms with E-state index in [-0.39, 0.29) is 43.3 Å². The highest BCUT2D eigenvalue weighted by Gasteiger charge is 2.20. The number of nitrogens with two attached hydrogens (primary N) is 2. The number of azo groups is 2. The summed E-state index contributed by atoms with van der Waals surface area (Å²) in [5.41, 5.74) is 13.8. The summed E-state index contributed by atoms with van der Waals surface area (Å²) in [4.78, 5) is -0.691. The topological polar surface area (TPSA) is 210 Å². The number of nitrogens with zero attached hydrogens (tertiary/aromatic N) is 4. The second kappa shape index (κ2) is 10.8. The van der Waals surface area contributed by atoms with Crippen molar-refractivity contribution in [3.8, 4) is 0 Å². The SMILES string of the molecule is Nc1c(N=Nc2cccc3c(N=Nc4cc(S(=O)(=O)O)c5ccccc5c4N)cccc23)cc(S(=O)(=O)O)c2ccccc12. The van der Waals surface area contributed by atoms with Crippen LogP contribution in [-0.4, -0.2) is 25.9 Å². The normalized spacial score (nSPS) is 12.7. The molecular weight excluding hydrogens is 605 g/mol. The molecule has 0 bridgehead atoms. The predicted molar refractivity (Wildman–Crippen MR) is 169 cm³/mol. The number of fused-ring (bicyclic) bond motifs is 3. The molecule has 0 fully saturated rings. The minimum atomic E-state index is -4.58. The number of hydrogen-bond acceptors (Lipinski definition) is 10. The van der Waals surface area contributed by atoms with Crippen molar-refractivity contribution in [2.75, 3.05) is 11.5 Å². The van der Waals surface area contributed by atoms with E-state index >= 15 is 0 Å². The minimum absolute atomic E-state index is 0.0468. The number of benzene rings is 6. The summed E-state index contributed by atoms with van der Waals surface area (Å²) in [6.07, 6.45) is 0. The van der Waals surface area contributed by atoms with Gasteiger partial charge >= 0.3 is 0 Å². The third-order valence-electron chi connectivity index (χ3n) is 7.02. The smallest absolute Gasteiger partial charge is 0.295 e. The molecule has 0 aromatic heterocycles. The van der Waals surface area contributed by atoms with Crippen LogP contribution >= 0.6 is 0 Å². The van der Waals surface area contributed by atoms with Gasteiger partial charge in [-0.25, -0.2) is 0 Å². The predicted octanol–water partition coefficient (Wildman–Crippen LogP) is 7.63. The van der Waals surface area contributed by atoms with Crippen molar-refractivity contribution in [3.05, 3.63) is 97.1 Å². The largest absolute Gasteiger partial charge is 0.396 e. The van der Waals surface area contributed by atoms with E-state index in [2.05, 4.69) is 20.5 Å². The molecule has 0 amide bonds. The number of nitrogen functional groups attached to an aromatic ring is 2. The summed E-state index contributed by atoms with van der Waals surface area (Å²) in [6.45, 7) is 0. The Bertz CT molecular complexity index is 2260. The summed E-state index contributed by atoms with van der Waals surface area (Å²) in [6, 6.07) is 25.6. The maximum absolute atomic E-state index is 12.1. The molecule has 0 aliphatic rings. The molecule has 0 radical (unpaired) electrons. The fourth-order valence-corrected chi connectivity index (χ4v) is 6.39. The van der Waals surface area contributed by atoms with Crippen molar-refractivity contribution in [2.45, 2.75) is 9.79 Å². The van der Waals surface area contributed by atoms with E-state index in [1.54, 1.807) is 72.8 Å². The molecule has 44 heavy (non-hydrogen) atoms. The molecule has 0 heterocycles. The lowest BCUT2D eigenvalue weighted by atomic mass is 10.1. The van der Waals surface area contributed by atoms with Gasteiger partial charge in [-0.3, -0.25) is 9.11 Å². The van der Waals surface area contributed by atoms with Gasteiger partial charge in [0.15, 0.2) is 0 Å². The molecule has 0 saturated heterocycles. The summed E-state index contributed by atoms with van der Waals surface area (Å²) in [7, 11) is -9.17. The Balaban J connectivity index is 1.43. The van der Waals surface area contributed by atoms with Crippen LogP contribution in [0.1, 0.15) is 0 Å². The van der Waals surface area contributed by atoms with E-state index in [9.17, 15) is 25.9 Å². The highest BCUT2D eigenvalue weighted by Crippen LogP contribution is 2.40. The Morgan fingerprint density at radius 3 is 1.11 bits per heavy atom. The van der Waals surface area contributed by atoms with E-state index in [0.29, 0.717) is 32.9 Å². The summed E-state index contributed by atoms with van der Waals surface area (Å²) < 4.78 is 68.0. The number of rotatable bonds is 6. The highest BCUT2D eigenvalue weighted by atomic mass is 32.2. The van der Waals surface area contributed by atoms with Crippen molar-refractivity contribution >= 4 is 86.7 Å². The molecule has 0 aliphatic carbocycles. The first-order valence-corrected chi connectivity index (χ1v) is 15.7. The van der Waals surface area contributed by atoms with E-state index in [0.717, 1.165) is 12.1 Å². The van der Waals surface area contributed by atoms with Gasteiger partial charge in [-0.2, -0.15) is 16.8 Å². The van der Waals surface area contributed by atoms with Crippen LogP contribution in [0.15, 0.2) is 127 Å². The molecule has 6 rings (SSSR count). The van der Waals surface area contributed by atoms with Crippen LogP contribution in [0.5, 0.6) is 0 Å². The maximum atomic E-state index is 12.1. The minimum Gasteiger partial charge on any atom is -0.396 e. The molecule has 6 N–H and O–H groups in total. The van der Waals surface area contributed by atoms with Gasteiger partial charge in [0.1, 0.15) is 21.2 Å². The number of hydrogen-bond donors (Lipinski definition) is 4. The third-order valence-corrected chi connectivity index (χ3v) is 8.80. The van der Waals surface area contributed by atoms with Crippen molar-refractivity contribution in [2.24, 2.45) is 20.5 Å². The molecule has 0 spiro atoms. The lowest BCUT2D eigenvalue weighted by molar-refractivity contribution is 0.482. The van der Waals surface area contributed by atoms with Gasteiger partial charge in [-0.15, -0.1) is 20.5 Å². The molecule has 0 atom stereocenters. The standard InChI is InChI=1S/C30H22N6O6S2/c31-29-21-9-3-1-7-19(21)27(43(37,38)39)15-25(29)35-33-23-13-5-12-18-17(23)11-6-14-24(18)34-36-26-16-28(44(40,41)42)20-8-2-4-10-22(20)30(26)32/h1-16H,31-32H2,(H,37,38,39)(H,40,41,42). The Hall–Kier alpha value is -5.28. The van der Waals surface area contributed by atoms with Gasteiger partial charge in [0.25, 0.3) is 20.2 Å². The summed E-state index contributed by atoms with van der Waals surface area (Å²) >= 11 is 0. The number of anilines is 2. The van der Waals surface area contributed by atoms with Gasteiger partial charge in [0.05, 0.1) is 22.7 Å². The van der Waals surface area contributed by atoms with Gasteiger partial charge in [-0.1, -0.05) is 72.8 Å². The van der Waals surface area contributed by atoms with Crippen LogP contribution in [0.2, 0.25) is 0 Å². The van der Waals surface area contributed by atoms with Gasteiger partial charge in [0, 0.05) is 32.3 Å². The molecule has 220 valence electrons. The average Bonchev–Trinajstić information content (AvgIpc) is 2.99. The molecule has 0 unspecified atom stereocenters. The van der Waals surface area contributed by atoms with Crippen LogP contribution in [-0.2, 0) is 20.2 Å². The lowest BCUT2D eigenvalue weighted by Gasteiger charge is -2.10. The average molecular weight is 627 g/mol. The Morgan fingerprint density at radius 1 is 0.432 bits per heavy atom. The van der Waals surface area contributed by atoms with Crippen LogP contribution in [0, 0.1) is 0 Å². The summed E-state index contributed by atoms with van der Waals surface area (Å²) in [5.74, 6) is 0. The third kappa shape index (κ3) is 5.22. The van der Waals surface area contributed by atoms with Crippen molar-refractivity contribution in [1.29, 1.82) is 0 Å². The zero-order chi connectivity index (χ0) is 31.2. The molecule has 14 heteroatoms. The van der Waals surface area contributed by atoms with Crippen molar-refractivity contribution in [3.63, 3.8) is 0 Å². The van der Waals surface area contributed by atoms with E-state index in [1.807, 2.05) is 0 Å². The fraction of sp³-hybridized carbons (Fsp3) is 0. The fourth-order valence-electron chi connectivity index (χ4n) is 4.96. The first-order valence-electron chi connectivity index (χ1n) is 12.9. The Kier molecular flexibility index (Phi) is 7.05. The van der Waals surface area contributed by atoms with Crippen LogP contribution in [0.25, 0.3) is 32.3 Å².